The molecule has 5 heteroatoms. The molecular formula is C16H16BrN2O2+. The van der Waals surface area contributed by atoms with Crippen molar-refractivity contribution < 1.29 is 14.1 Å². The maximum Gasteiger partial charge on any atom is 0.285 e. The Morgan fingerprint density at radius 2 is 1.95 bits per heavy atom. The van der Waals surface area contributed by atoms with E-state index in [4.69, 9.17) is 15.3 Å². The van der Waals surface area contributed by atoms with Gasteiger partial charge in [-0.2, -0.15) is 0 Å². The lowest BCUT2D eigenvalue weighted by atomic mass is 10.2. The Morgan fingerprint density at radius 3 is 2.62 bits per heavy atom. The zero-order valence-corrected chi connectivity index (χ0v) is 13.3. The van der Waals surface area contributed by atoms with Crippen LogP contribution in [0.5, 0.6) is 5.75 Å². The number of hydrogen-bond donors (Lipinski definition) is 1. The first-order chi connectivity index (χ1) is 10.2. The monoisotopic (exact) mass is 347 g/mol. The Labute approximate surface area is 132 Å². The predicted molar refractivity (Wildman–Crippen MR) is 84.0 cm³/mol. The molecular weight excluding hydrogens is 332 g/mol. The van der Waals surface area contributed by atoms with Gasteiger partial charge in [-0.3, -0.25) is 0 Å². The molecule has 0 amide bonds. The highest BCUT2D eigenvalue weighted by Crippen LogP contribution is 2.11. The number of methoxy groups -OCH3 is 1. The van der Waals surface area contributed by atoms with Crippen molar-refractivity contribution in [2.75, 3.05) is 19.6 Å². The van der Waals surface area contributed by atoms with Gasteiger partial charge in [0.05, 0.1) is 18.2 Å². The number of hydrogen-bond acceptors (Lipinski definition) is 3. The zero-order valence-electron chi connectivity index (χ0n) is 11.7. The minimum atomic E-state index is 0.349. The standard InChI is InChI=1S/C16H16BrN2O2/c1-20-16-8-4-13(5-9-16)12-21-10-2-3-15-7-6-14(17)11-19(15)18/h4-9,11H,10,12,18H2,1H3/q+1. The summed E-state index contributed by atoms with van der Waals surface area (Å²) in [6.45, 7) is 0.865. The number of pyridine rings is 1. The Hall–Kier alpha value is -2.03. The molecule has 0 unspecified atom stereocenters. The molecule has 0 radical (unpaired) electrons. The quantitative estimate of drug-likeness (QED) is 0.398. The summed E-state index contributed by atoms with van der Waals surface area (Å²) in [5, 5.41) is 0. The third-order valence-corrected chi connectivity index (χ3v) is 3.23. The van der Waals surface area contributed by atoms with Crippen LogP contribution >= 0.6 is 15.9 Å². The first-order valence-corrected chi connectivity index (χ1v) is 7.14. The van der Waals surface area contributed by atoms with E-state index in [0.717, 1.165) is 21.5 Å². The first-order valence-electron chi connectivity index (χ1n) is 6.35. The predicted octanol–water partition coefficient (Wildman–Crippen LogP) is 2.03. The maximum atomic E-state index is 5.79. The summed E-state index contributed by atoms with van der Waals surface area (Å²) in [6, 6.07) is 11.5. The normalized spacial score (nSPS) is 9.81. The Morgan fingerprint density at radius 1 is 1.19 bits per heavy atom. The van der Waals surface area contributed by atoms with Crippen LogP contribution in [-0.2, 0) is 11.3 Å². The molecule has 2 rings (SSSR count). The van der Waals surface area contributed by atoms with Gasteiger partial charge in [-0.05, 0) is 39.7 Å². The van der Waals surface area contributed by atoms with Gasteiger partial charge in [0.2, 0.25) is 6.20 Å². The van der Waals surface area contributed by atoms with Crippen molar-refractivity contribution in [1.82, 2.24) is 0 Å². The molecule has 0 aliphatic heterocycles. The summed E-state index contributed by atoms with van der Waals surface area (Å²) < 4.78 is 13.0. The second-order valence-electron chi connectivity index (χ2n) is 4.28. The van der Waals surface area contributed by atoms with Crippen LogP contribution in [0.15, 0.2) is 47.1 Å². The minimum Gasteiger partial charge on any atom is -0.497 e. The van der Waals surface area contributed by atoms with Gasteiger partial charge in [0.25, 0.3) is 5.69 Å². The molecule has 1 aromatic carbocycles. The summed E-state index contributed by atoms with van der Waals surface area (Å²) in [4.78, 5) is 0. The number of halogens is 1. The second kappa shape index (κ2) is 7.67. The molecule has 21 heavy (non-hydrogen) atoms. The molecule has 1 heterocycles. The second-order valence-corrected chi connectivity index (χ2v) is 5.20. The molecule has 1 aromatic heterocycles. The molecule has 2 aromatic rings. The van der Waals surface area contributed by atoms with Crippen LogP contribution < -0.4 is 15.3 Å². The lowest BCUT2D eigenvalue weighted by Gasteiger charge is -2.02. The van der Waals surface area contributed by atoms with Crippen molar-refractivity contribution >= 4 is 15.9 Å². The number of ether oxygens (including phenoxy) is 2. The molecule has 2 N–H and O–H groups in total. The summed E-state index contributed by atoms with van der Waals surface area (Å²) >= 11 is 3.34. The lowest BCUT2D eigenvalue weighted by Crippen LogP contribution is -2.47. The maximum absolute atomic E-state index is 5.79. The molecule has 0 saturated carbocycles. The van der Waals surface area contributed by atoms with Gasteiger partial charge >= 0.3 is 0 Å². The van der Waals surface area contributed by atoms with Crippen LogP contribution in [0.1, 0.15) is 11.3 Å². The fourth-order valence-corrected chi connectivity index (χ4v) is 2.02. The third kappa shape index (κ3) is 4.78. The highest BCUT2D eigenvalue weighted by atomic mass is 79.9. The van der Waals surface area contributed by atoms with Crippen molar-refractivity contribution in [3.63, 3.8) is 0 Å². The van der Waals surface area contributed by atoms with Gasteiger partial charge in [-0.15, -0.1) is 0 Å². The topological polar surface area (TPSA) is 48.4 Å². The van der Waals surface area contributed by atoms with Crippen LogP contribution in [-0.4, -0.2) is 13.7 Å². The van der Waals surface area contributed by atoms with Crippen LogP contribution in [0.4, 0.5) is 0 Å². The first kappa shape index (κ1) is 15.4. The van der Waals surface area contributed by atoms with Gasteiger partial charge in [0.1, 0.15) is 12.4 Å². The summed E-state index contributed by atoms with van der Waals surface area (Å²) in [5.41, 5.74) is 1.81. The van der Waals surface area contributed by atoms with E-state index in [1.165, 1.54) is 4.68 Å². The van der Waals surface area contributed by atoms with Crippen molar-refractivity contribution in [3.8, 4) is 17.6 Å². The number of nitrogens with two attached hydrogens (primary N) is 1. The number of benzene rings is 1. The van der Waals surface area contributed by atoms with Crippen molar-refractivity contribution in [2.24, 2.45) is 0 Å². The summed E-state index contributed by atoms with van der Waals surface area (Å²) in [7, 11) is 1.65. The molecule has 0 saturated heterocycles. The lowest BCUT2D eigenvalue weighted by molar-refractivity contribution is -0.642. The Kier molecular flexibility index (Phi) is 5.61. The van der Waals surface area contributed by atoms with Gasteiger partial charge in [-0.1, -0.05) is 22.7 Å². The smallest absolute Gasteiger partial charge is 0.285 e. The average molecular weight is 348 g/mol. The Balaban J connectivity index is 1.83. The van der Waals surface area contributed by atoms with Gasteiger partial charge < -0.3 is 9.47 Å². The van der Waals surface area contributed by atoms with Gasteiger partial charge in [-0.25, -0.2) is 5.84 Å². The largest absolute Gasteiger partial charge is 0.497 e. The van der Waals surface area contributed by atoms with Gasteiger partial charge in [0.15, 0.2) is 0 Å². The van der Waals surface area contributed by atoms with Gasteiger partial charge in [0, 0.05) is 12.0 Å². The highest BCUT2D eigenvalue weighted by molar-refractivity contribution is 9.10. The highest BCUT2D eigenvalue weighted by Gasteiger charge is 2.03. The van der Waals surface area contributed by atoms with Crippen LogP contribution in [0.3, 0.4) is 0 Å². The van der Waals surface area contributed by atoms with Crippen molar-refractivity contribution in [1.29, 1.82) is 0 Å². The summed E-state index contributed by atoms with van der Waals surface area (Å²) in [6.07, 6.45) is 1.75. The minimum absolute atomic E-state index is 0.349. The van der Waals surface area contributed by atoms with Crippen molar-refractivity contribution in [3.05, 3.63) is 58.3 Å². The molecule has 0 bridgehead atoms. The molecule has 0 atom stereocenters. The van der Waals surface area contributed by atoms with Crippen LogP contribution in [0.25, 0.3) is 0 Å². The van der Waals surface area contributed by atoms with E-state index in [9.17, 15) is 0 Å². The van der Waals surface area contributed by atoms with E-state index in [1.54, 1.807) is 13.3 Å². The number of rotatable bonds is 4. The number of aromatic nitrogens is 1. The Bertz CT molecular complexity index is 660. The molecule has 0 spiro atoms. The molecule has 0 aliphatic carbocycles. The van der Waals surface area contributed by atoms with E-state index in [2.05, 4.69) is 27.8 Å². The fourth-order valence-electron chi connectivity index (χ4n) is 1.66. The van der Waals surface area contributed by atoms with Crippen LogP contribution in [0.2, 0.25) is 0 Å². The van der Waals surface area contributed by atoms with Crippen molar-refractivity contribution in [2.45, 2.75) is 6.61 Å². The summed E-state index contributed by atoms with van der Waals surface area (Å²) in [5.74, 6) is 12.5. The van der Waals surface area contributed by atoms with E-state index >= 15 is 0 Å². The molecule has 0 fully saturated rings. The average Bonchev–Trinajstić information content (AvgIpc) is 2.49. The van der Waals surface area contributed by atoms with E-state index in [0.29, 0.717) is 13.2 Å². The number of nitrogens with zero attached hydrogens (tertiary/aromatic N) is 1. The van der Waals surface area contributed by atoms with E-state index < -0.39 is 0 Å². The molecule has 0 aliphatic rings. The zero-order chi connectivity index (χ0) is 15.1. The third-order valence-electron chi connectivity index (χ3n) is 2.76. The van der Waals surface area contributed by atoms with E-state index in [1.807, 2.05) is 36.4 Å². The SMILES string of the molecule is COc1ccc(COCC#Cc2ccc(Br)c[n+]2N)cc1. The number of nitrogen functional groups attached to an aromatic ring is 1. The van der Waals surface area contributed by atoms with E-state index in [-0.39, 0.29) is 0 Å². The molecule has 4 nitrogen and oxygen atoms in total. The van der Waals surface area contributed by atoms with Crippen LogP contribution in [0, 0.1) is 11.8 Å². The molecule has 108 valence electrons. The fraction of sp³-hybridized carbons (Fsp3) is 0.188.